The molecule has 90 valence electrons. The first-order valence-electron chi connectivity index (χ1n) is 5.06. The van der Waals surface area contributed by atoms with Gasteiger partial charge in [0.05, 0.1) is 6.04 Å². The van der Waals surface area contributed by atoms with Crippen LogP contribution in [0, 0.1) is 0 Å². The van der Waals surface area contributed by atoms with E-state index in [1.165, 1.54) is 6.08 Å². The van der Waals surface area contributed by atoms with Crippen molar-refractivity contribution in [2.24, 2.45) is 5.73 Å². The van der Waals surface area contributed by atoms with Gasteiger partial charge in [0.2, 0.25) is 0 Å². The molecule has 0 saturated heterocycles. The smallest absolute Gasteiger partial charge is 0.328 e. The zero-order valence-corrected chi connectivity index (χ0v) is 9.38. The summed E-state index contributed by atoms with van der Waals surface area (Å²) in [5.74, 6) is -1.00. The number of nitrogens with one attached hydrogen (secondary N) is 1. The number of aliphatic carboxylic acids is 1. The Balaban J connectivity index is 2.85. The number of carboxylic acids is 1. The Hall–Kier alpha value is -2.30. The van der Waals surface area contributed by atoms with E-state index in [2.05, 4.69) is 5.32 Å². The van der Waals surface area contributed by atoms with Crippen molar-refractivity contribution in [3.8, 4) is 0 Å². The minimum Gasteiger partial charge on any atom is -0.478 e. The largest absolute Gasteiger partial charge is 0.478 e. The molecule has 1 atom stereocenters. The van der Waals surface area contributed by atoms with Crippen LogP contribution in [0.2, 0.25) is 0 Å². The van der Waals surface area contributed by atoms with Gasteiger partial charge in [-0.1, -0.05) is 18.2 Å². The van der Waals surface area contributed by atoms with Crippen LogP contribution in [-0.4, -0.2) is 17.1 Å². The van der Waals surface area contributed by atoms with Gasteiger partial charge < -0.3 is 16.2 Å². The predicted molar refractivity (Wildman–Crippen MR) is 64.2 cm³/mol. The van der Waals surface area contributed by atoms with Crippen LogP contribution >= 0.6 is 0 Å². The van der Waals surface area contributed by atoms with E-state index in [0.29, 0.717) is 0 Å². The molecule has 0 heterocycles. The normalized spacial score (nSPS) is 12.3. The maximum atomic E-state index is 10.7. The molecule has 0 spiro atoms. The van der Waals surface area contributed by atoms with Crippen molar-refractivity contribution < 1.29 is 14.7 Å². The van der Waals surface area contributed by atoms with Gasteiger partial charge in [0.25, 0.3) is 0 Å². The summed E-state index contributed by atoms with van der Waals surface area (Å²) < 4.78 is 0. The number of urea groups is 1. The molecular weight excluding hydrogens is 220 g/mol. The van der Waals surface area contributed by atoms with E-state index in [-0.39, 0.29) is 6.04 Å². The highest BCUT2D eigenvalue weighted by molar-refractivity contribution is 5.85. The number of nitrogens with two attached hydrogens (primary N) is 1. The van der Waals surface area contributed by atoms with Gasteiger partial charge >= 0.3 is 12.0 Å². The molecule has 0 aliphatic heterocycles. The molecule has 0 aliphatic rings. The van der Waals surface area contributed by atoms with Gasteiger partial charge in [-0.05, 0) is 30.2 Å². The van der Waals surface area contributed by atoms with E-state index in [1.807, 2.05) is 6.07 Å². The third-order valence-electron chi connectivity index (χ3n) is 2.19. The second-order valence-corrected chi connectivity index (χ2v) is 3.57. The Labute approximate surface area is 98.9 Å². The van der Waals surface area contributed by atoms with Gasteiger partial charge in [-0.3, -0.25) is 0 Å². The molecule has 17 heavy (non-hydrogen) atoms. The highest BCUT2D eigenvalue weighted by Gasteiger charge is 2.06. The average molecular weight is 234 g/mol. The van der Waals surface area contributed by atoms with Crippen LogP contribution in [0.4, 0.5) is 4.79 Å². The van der Waals surface area contributed by atoms with Crippen LogP contribution < -0.4 is 11.1 Å². The Bertz CT molecular complexity index is 455. The number of carbonyl (C=O) groups excluding carboxylic acids is 1. The number of hydrogen-bond donors (Lipinski definition) is 3. The quantitative estimate of drug-likeness (QED) is 0.689. The molecule has 1 aromatic rings. The number of benzene rings is 1. The highest BCUT2D eigenvalue weighted by Crippen LogP contribution is 2.14. The Morgan fingerprint density at radius 3 is 2.76 bits per heavy atom. The third kappa shape index (κ3) is 4.38. The molecule has 0 aliphatic carbocycles. The van der Waals surface area contributed by atoms with E-state index in [1.54, 1.807) is 25.1 Å². The van der Waals surface area contributed by atoms with Crippen LogP contribution in [0.15, 0.2) is 30.3 Å². The minimum atomic E-state index is -1.00. The molecule has 0 aromatic heterocycles. The number of amides is 2. The van der Waals surface area contributed by atoms with Gasteiger partial charge in [-0.15, -0.1) is 0 Å². The first-order chi connectivity index (χ1) is 7.99. The van der Waals surface area contributed by atoms with E-state index >= 15 is 0 Å². The van der Waals surface area contributed by atoms with Gasteiger partial charge in [0.1, 0.15) is 0 Å². The number of rotatable bonds is 4. The average Bonchev–Trinajstić information content (AvgIpc) is 2.26. The number of carbonyl (C=O) groups is 2. The summed E-state index contributed by atoms with van der Waals surface area (Å²) in [5.41, 5.74) is 6.64. The Morgan fingerprint density at radius 1 is 1.47 bits per heavy atom. The number of primary amides is 1. The first-order valence-corrected chi connectivity index (χ1v) is 5.06. The summed E-state index contributed by atoms with van der Waals surface area (Å²) >= 11 is 0. The second kappa shape index (κ2) is 5.69. The van der Waals surface area contributed by atoms with E-state index in [4.69, 9.17) is 10.8 Å². The fourth-order valence-electron chi connectivity index (χ4n) is 1.40. The van der Waals surface area contributed by atoms with Crippen LogP contribution in [-0.2, 0) is 4.79 Å². The zero-order valence-electron chi connectivity index (χ0n) is 9.38. The molecule has 0 radical (unpaired) electrons. The van der Waals surface area contributed by atoms with Crippen molar-refractivity contribution >= 4 is 18.1 Å². The number of carboxylic acid groups (broad SMARTS) is 1. The molecule has 0 saturated carbocycles. The van der Waals surface area contributed by atoms with Crippen molar-refractivity contribution in [3.05, 3.63) is 41.5 Å². The molecule has 4 N–H and O–H groups in total. The zero-order chi connectivity index (χ0) is 12.8. The summed E-state index contributed by atoms with van der Waals surface area (Å²) in [4.78, 5) is 21.1. The highest BCUT2D eigenvalue weighted by atomic mass is 16.4. The summed E-state index contributed by atoms with van der Waals surface area (Å²) in [6.07, 6.45) is 2.55. The topological polar surface area (TPSA) is 92.4 Å². The van der Waals surface area contributed by atoms with E-state index in [0.717, 1.165) is 17.2 Å². The van der Waals surface area contributed by atoms with Gasteiger partial charge in [-0.2, -0.15) is 0 Å². The monoisotopic (exact) mass is 234 g/mol. The standard InChI is InChI=1S/C12H14N2O3/c1-8(14-12(13)17)10-4-2-3-9(7-10)5-6-11(15)16/h2-8H,1H3,(H,15,16)(H3,13,14,17)/b6-5+. The van der Waals surface area contributed by atoms with E-state index < -0.39 is 12.0 Å². The van der Waals surface area contributed by atoms with E-state index in [9.17, 15) is 9.59 Å². The molecule has 0 fully saturated rings. The van der Waals surface area contributed by atoms with Crippen LogP contribution in [0.3, 0.4) is 0 Å². The maximum Gasteiger partial charge on any atom is 0.328 e. The Morgan fingerprint density at radius 2 is 2.18 bits per heavy atom. The van der Waals surface area contributed by atoms with Crippen LogP contribution in [0.5, 0.6) is 0 Å². The molecule has 1 aromatic carbocycles. The van der Waals surface area contributed by atoms with Crippen molar-refractivity contribution in [3.63, 3.8) is 0 Å². The molecular formula is C12H14N2O3. The molecule has 5 heteroatoms. The predicted octanol–water partition coefficient (Wildman–Crippen LogP) is 1.51. The first kappa shape index (κ1) is 12.8. The van der Waals surface area contributed by atoms with Gasteiger partial charge in [0, 0.05) is 6.08 Å². The molecule has 1 unspecified atom stereocenters. The lowest BCUT2D eigenvalue weighted by molar-refractivity contribution is -0.131. The van der Waals surface area contributed by atoms with Crippen molar-refractivity contribution in [1.82, 2.24) is 5.32 Å². The lowest BCUT2D eigenvalue weighted by atomic mass is 10.1. The SMILES string of the molecule is CC(NC(N)=O)c1cccc(/C=C/C(=O)O)c1. The third-order valence-corrected chi connectivity index (χ3v) is 2.19. The fraction of sp³-hybridized carbons (Fsp3) is 0.167. The fourth-order valence-corrected chi connectivity index (χ4v) is 1.40. The summed E-state index contributed by atoms with van der Waals surface area (Å²) in [6, 6.07) is 6.38. The van der Waals surface area contributed by atoms with Gasteiger partial charge in [-0.25, -0.2) is 9.59 Å². The lowest BCUT2D eigenvalue weighted by Gasteiger charge is -2.12. The molecule has 1 rings (SSSR count). The summed E-state index contributed by atoms with van der Waals surface area (Å²) in [5, 5.41) is 11.1. The van der Waals surface area contributed by atoms with Gasteiger partial charge in [0.15, 0.2) is 0 Å². The van der Waals surface area contributed by atoms with Crippen molar-refractivity contribution in [2.75, 3.05) is 0 Å². The summed E-state index contributed by atoms with van der Waals surface area (Å²) in [6.45, 7) is 1.80. The maximum absolute atomic E-state index is 10.7. The van der Waals surface area contributed by atoms with Crippen molar-refractivity contribution in [2.45, 2.75) is 13.0 Å². The van der Waals surface area contributed by atoms with Crippen LogP contribution in [0.1, 0.15) is 24.1 Å². The van der Waals surface area contributed by atoms with Crippen molar-refractivity contribution in [1.29, 1.82) is 0 Å². The number of hydrogen-bond acceptors (Lipinski definition) is 2. The minimum absolute atomic E-state index is 0.217. The second-order valence-electron chi connectivity index (χ2n) is 3.57. The summed E-state index contributed by atoms with van der Waals surface area (Å²) in [7, 11) is 0. The Kier molecular flexibility index (Phi) is 4.28. The molecule has 5 nitrogen and oxygen atoms in total. The lowest BCUT2D eigenvalue weighted by Crippen LogP contribution is -2.31. The molecule has 2 amide bonds. The van der Waals surface area contributed by atoms with Crippen LogP contribution in [0.25, 0.3) is 6.08 Å². The molecule has 0 bridgehead atoms.